The molecule has 2 aromatic heterocycles. The monoisotopic (exact) mass is 404 g/mol. The minimum Gasteiger partial charge on any atom is -0.497 e. The van der Waals surface area contributed by atoms with Crippen molar-refractivity contribution in [3.63, 3.8) is 0 Å². The van der Waals surface area contributed by atoms with Crippen LogP contribution in [0.1, 0.15) is 31.0 Å². The van der Waals surface area contributed by atoms with E-state index in [-0.39, 0.29) is 4.90 Å². The average Bonchev–Trinajstić information content (AvgIpc) is 3.23. The average molecular weight is 404 g/mol. The highest BCUT2D eigenvalue weighted by Gasteiger charge is 2.29. The largest absolute Gasteiger partial charge is 0.497 e. The topological polar surface area (TPSA) is 99.3 Å². The molecule has 2 heterocycles. The van der Waals surface area contributed by atoms with Gasteiger partial charge in [-0.25, -0.2) is 8.42 Å². The minimum atomic E-state index is -3.83. The number of rotatable bonds is 7. The van der Waals surface area contributed by atoms with E-state index >= 15 is 0 Å². The van der Waals surface area contributed by atoms with Gasteiger partial charge in [-0.3, -0.25) is 4.72 Å². The van der Waals surface area contributed by atoms with Gasteiger partial charge in [0, 0.05) is 30.3 Å². The SMILES string of the molecule is CCc1nnc(-c2c(C)c(S(=O)(=O)Nc3cccc(OC)c3)c(C)n2CC)o1. The maximum absolute atomic E-state index is 13.2. The van der Waals surface area contributed by atoms with Gasteiger partial charge in [0.1, 0.15) is 16.3 Å². The first-order valence-corrected chi connectivity index (χ1v) is 10.5. The highest BCUT2D eigenvalue weighted by molar-refractivity contribution is 7.92. The molecule has 0 atom stereocenters. The standard InChI is InChI=1S/C19H24N4O4S/c1-6-16-20-21-19(27-16)17-12(3)18(13(4)23(17)7-2)28(24,25)22-14-9-8-10-15(11-14)26-5/h8-11,22H,6-7H2,1-5H3. The molecule has 28 heavy (non-hydrogen) atoms. The molecule has 0 aliphatic heterocycles. The molecule has 3 rings (SSSR count). The Kier molecular flexibility index (Phi) is 5.46. The van der Waals surface area contributed by atoms with Crippen LogP contribution in [0.3, 0.4) is 0 Å². The van der Waals surface area contributed by atoms with Crippen molar-refractivity contribution in [2.75, 3.05) is 11.8 Å². The molecule has 3 aromatic rings. The van der Waals surface area contributed by atoms with Crippen LogP contribution in [0.15, 0.2) is 33.6 Å². The van der Waals surface area contributed by atoms with Crippen LogP contribution < -0.4 is 9.46 Å². The fourth-order valence-corrected chi connectivity index (χ4v) is 4.86. The first kappa shape index (κ1) is 19.9. The zero-order valence-corrected chi connectivity index (χ0v) is 17.4. The lowest BCUT2D eigenvalue weighted by Gasteiger charge is -2.10. The second-order valence-corrected chi connectivity index (χ2v) is 7.94. The van der Waals surface area contributed by atoms with E-state index < -0.39 is 10.0 Å². The molecular weight excluding hydrogens is 380 g/mol. The van der Waals surface area contributed by atoms with Gasteiger partial charge in [0.25, 0.3) is 15.9 Å². The molecule has 0 spiro atoms. The number of aryl methyl sites for hydroxylation is 1. The Morgan fingerprint density at radius 3 is 2.57 bits per heavy atom. The lowest BCUT2D eigenvalue weighted by atomic mass is 10.2. The van der Waals surface area contributed by atoms with Gasteiger partial charge in [-0.1, -0.05) is 13.0 Å². The number of ether oxygens (including phenoxy) is 1. The first-order valence-electron chi connectivity index (χ1n) is 9.01. The van der Waals surface area contributed by atoms with E-state index in [2.05, 4.69) is 14.9 Å². The molecule has 0 radical (unpaired) electrons. The van der Waals surface area contributed by atoms with Crippen LogP contribution in [-0.4, -0.2) is 30.3 Å². The number of anilines is 1. The van der Waals surface area contributed by atoms with Crippen molar-refractivity contribution in [2.24, 2.45) is 0 Å². The van der Waals surface area contributed by atoms with Crippen LogP contribution >= 0.6 is 0 Å². The Morgan fingerprint density at radius 1 is 1.21 bits per heavy atom. The maximum atomic E-state index is 13.2. The number of hydrogen-bond acceptors (Lipinski definition) is 6. The Bertz CT molecular complexity index is 1100. The summed E-state index contributed by atoms with van der Waals surface area (Å²) < 4.78 is 41.7. The Hall–Kier alpha value is -2.81. The fourth-order valence-electron chi connectivity index (χ4n) is 3.32. The van der Waals surface area contributed by atoms with Crippen molar-refractivity contribution in [1.82, 2.24) is 14.8 Å². The predicted molar refractivity (Wildman–Crippen MR) is 106 cm³/mol. The van der Waals surface area contributed by atoms with E-state index in [1.807, 2.05) is 18.4 Å². The molecule has 0 unspecified atom stereocenters. The van der Waals surface area contributed by atoms with Crippen LogP contribution in [0.2, 0.25) is 0 Å². The summed E-state index contributed by atoms with van der Waals surface area (Å²) in [6.07, 6.45) is 0.612. The number of benzene rings is 1. The summed E-state index contributed by atoms with van der Waals surface area (Å²) in [5.41, 5.74) is 2.23. The number of hydrogen-bond donors (Lipinski definition) is 1. The van der Waals surface area contributed by atoms with Crippen molar-refractivity contribution >= 4 is 15.7 Å². The van der Waals surface area contributed by atoms with Gasteiger partial charge in [0.15, 0.2) is 0 Å². The van der Waals surface area contributed by atoms with Crippen LogP contribution in [-0.2, 0) is 23.0 Å². The summed E-state index contributed by atoms with van der Waals surface area (Å²) in [7, 11) is -2.30. The maximum Gasteiger partial charge on any atom is 0.264 e. The third kappa shape index (κ3) is 3.49. The molecule has 8 nitrogen and oxygen atoms in total. The normalized spacial score (nSPS) is 11.6. The van der Waals surface area contributed by atoms with E-state index in [0.717, 1.165) is 0 Å². The van der Waals surface area contributed by atoms with E-state index in [0.29, 0.717) is 53.1 Å². The van der Waals surface area contributed by atoms with Gasteiger partial charge in [0.05, 0.1) is 12.8 Å². The number of nitrogens with zero attached hydrogens (tertiary/aromatic N) is 3. The van der Waals surface area contributed by atoms with E-state index in [4.69, 9.17) is 9.15 Å². The molecule has 1 N–H and O–H groups in total. The summed E-state index contributed by atoms with van der Waals surface area (Å²) in [6, 6.07) is 6.78. The Labute approximate surface area is 164 Å². The van der Waals surface area contributed by atoms with E-state index in [1.54, 1.807) is 38.1 Å². The Morgan fingerprint density at radius 2 is 1.96 bits per heavy atom. The second kappa shape index (κ2) is 7.67. The van der Waals surface area contributed by atoms with Gasteiger partial charge in [-0.15, -0.1) is 10.2 Å². The molecule has 1 aromatic carbocycles. The number of methoxy groups -OCH3 is 1. The van der Waals surface area contributed by atoms with Gasteiger partial charge in [-0.2, -0.15) is 0 Å². The summed E-state index contributed by atoms with van der Waals surface area (Å²) in [4.78, 5) is 0.211. The molecule has 0 saturated heterocycles. The minimum absolute atomic E-state index is 0.211. The molecule has 0 aliphatic rings. The molecule has 0 saturated carbocycles. The van der Waals surface area contributed by atoms with Crippen molar-refractivity contribution in [3.8, 4) is 17.3 Å². The lowest BCUT2D eigenvalue weighted by Crippen LogP contribution is -2.15. The molecular formula is C19H24N4O4S. The van der Waals surface area contributed by atoms with Crippen LogP contribution in [0.4, 0.5) is 5.69 Å². The van der Waals surface area contributed by atoms with Crippen molar-refractivity contribution in [1.29, 1.82) is 0 Å². The highest BCUT2D eigenvalue weighted by atomic mass is 32.2. The van der Waals surface area contributed by atoms with Crippen LogP contribution in [0, 0.1) is 13.8 Å². The van der Waals surface area contributed by atoms with Crippen LogP contribution in [0.5, 0.6) is 5.75 Å². The molecule has 0 bridgehead atoms. The summed E-state index contributed by atoms with van der Waals surface area (Å²) in [6.45, 7) is 7.96. The zero-order chi connectivity index (χ0) is 20.5. The number of nitrogens with one attached hydrogen (secondary N) is 1. The van der Waals surface area contributed by atoms with Gasteiger partial charge in [0.2, 0.25) is 5.89 Å². The van der Waals surface area contributed by atoms with E-state index in [9.17, 15) is 8.42 Å². The quantitative estimate of drug-likeness (QED) is 0.646. The van der Waals surface area contributed by atoms with Crippen molar-refractivity contribution in [2.45, 2.75) is 45.6 Å². The summed E-state index contributed by atoms with van der Waals surface area (Å²) >= 11 is 0. The first-order chi connectivity index (χ1) is 13.3. The summed E-state index contributed by atoms with van der Waals surface area (Å²) in [5, 5.41) is 8.11. The third-order valence-corrected chi connectivity index (χ3v) is 6.22. The summed E-state index contributed by atoms with van der Waals surface area (Å²) in [5.74, 6) is 1.40. The molecule has 9 heteroatoms. The fraction of sp³-hybridized carbons (Fsp3) is 0.368. The Balaban J connectivity index is 2.10. The van der Waals surface area contributed by atoms with E-state index in [1.165, 1.54) is 7.11 Å². The van der Waals surface area contributed by atoms with Crippen molar-refractivity contribution < 1.29 is 17.6 Å². The molecule has 0 amide bonds. The lowest BCUT2D eigenvalue weighted by molar-refractivity contribution is 0.415. The molecule has 150 valence electrons. The predicted octanol–water partition coefficient (Wildman–Crippen LogP) is 3.55. The second-order valence-electron chi connectivity index (χ2n) is 6.32. The zero-order valence-electron chi connectivity index (χ0n) is 16.6. The molecule has 0 fully saturated rings. The number of sulfonamides is 1. The number of aromatic nitrogens is 3. The van der Waals surface area contributed by atoms with Crippen LogP contribution in [0.25, 0.3) is 11.6 Å². The van der Waals surface area contributed by atoms with Gasteiger partial charge in [-0.05, 0) is 32.9 Å². The van der Waals surface area contributed by atoms with Gasteiger partial charge < -0.3 is 13.7 Å². The highest BCUT2D eigenvalue weighted by Crippen LogP contribution is 2.34. The van der Waals surface area contributed by atoms with Crippen molar-refractivity contribution in [3.05, 3.63) is 41.4 Å². The van der Waals surface area contributed by atoms with Gasteiger partial charge >= 0.3 is 0 Å². The third-order valence-electron chi connectivity index (χ3n) is 4.58. The smallest absolute Gasteiger partial charge is 0.264 e. The molecule has 0 aliphatic carbocycles.